The van der Waals surface area contributed by atoms with Crippen LogP contribution >= 0.6 is 11.8 Å². The molecule has 7 heteroatoms. The van der Waals surface area contributed by atoms with Crippen molar-refractivity contribution in [3.63, 3.8) is 0 Å². The van der Waals surface area contributed by atoms with Gasteiger partial charge in [0.05, 0.1) is 5.25 Å². The first kappa shape index (κ1) is 18.0. The van der Waals surface area contributed by atoms with Gasteiger partial charge in [0.2, 0.25) is 5.91 Å². The fourth-order valence-corrected chi connectivity index (χ4v) is 2.71. The molecule has 1 aromatic carbocycles. The van der Waals surface area contributed by atoms with Crippen molar-refractivity contribution < 1.29 is 19.5 Å². The largest absolute Gasteiger partial charge is 0.480 e. The van der Waals surface area contributed by atoms with Crippen LogP contribution in [0.2, 0.25) is 0 Å². The van der Waals surface area contributed by atoms with Crippen molar-refractivity contribution in [2.75, 3.05) is 11.9 Å². The van der Waals surface area contributed by atoms with Crippen LogP contribution in [0.3, 0.4) is 0 Å². The van der Waals surface area contributed by atoms with Crippen molar-refractivity contribution in [3.8, 4) is 0 Å². The van der Waals surface area contributed by atoms with Gasteiger partial charge >= 0.3 is 5.97 Å². The molecule has 0 radical (unpaired) electrons. The Hall–Kier alpha value is -2.02. The molecule has 0 aromatic heterocycles. The van der Waals surface area contributed by atoms with Gasteiger partial charge in [-0.2, -0.15) is 0 Å². The second-order valence-corrected chi connectivity index (χ2v) is 6.90. The summed E-state index contributed by atoms with van der Waals surface area (Å²) in [6.45, 7) is 5.41. The molecule has 1 aromatic rings. The Labute approximate surface area is 133 Å². The molecule has 22 heavy (non-hydrogen) atoms. The number of hydrogen-bond donors (Lipinski definition) is 3. The van der Waals surface area contributed by atoms with Gasteiger partial charge in [0.1, 0.15) is 6.54 Å². The number of carbonyl (C=O) groups is 3. The van der Waals surface area contributed by atoms with Crippen LogP contribution in [-0.2, 0) is 9.59 Å². The zero-order valence-electron chi connectivity index (χ0n) is 12.8. The molecule has 0 aliphatic rings. The Morgan fingerprint density at radius 3 is 2.50 bits per heavy atom. The lowest BCUT2D eigenvalue weighted by molar-refractivity contribution is -0.135. The highest BCUT2D eigenvalue weighted by molar-refractivity contribution is 8.01. The zero-order chi connectivity index (χ0) is 16.7. The summed E-state index contributed by atoms with van der Waals surface area (Å²) in [5.41, 5.74) is 0.799. The number of amides is 2. The molecule has 0 heterocycles. The molecule has 0 spiro atoms. The maximum Gasteiger partial charge on any atom is 0.322 e. The second-order valence-electron chi connectivity index (χ2n) is 4.97. The molecular weight excluding hydrogens is 304 g/mol. The second kappa shape index (κ2) is 8.43. The van der Waals surface area contributed by atoms with E-state index in [-0.39, 0.29) is 11.2 Å². The summed E-state index contributed by atoms with van der Waals surface area (Å²) >= 11 is 1.55. The maximum atomic E-state index is 12.0. The third-order valence-corrected chi connectivity index (χ3v) is 3.80. The fraction of sp³-hybridized carbons (Fsp3) is 0.400. The number of carbonyl (C=O) groups excluding carboxylic acids is 2. The molecule has 6 nitrogen and oxygen atoms in total. The summed E-state index contributed by atoms with van der Waals surface area (Å²) in [4.78, 5) is 34.2. The predicted molar refractivity (Wildman–Crippen MR) is 87.2 cm³/mol. The molecule has 3 N–H and O–H groups in total. The molecule has 0 aliphatic heterocycles. The van der Waals surface area contributed by atoms with E-state index in [4.69, 9.17) is 5.11 Å². The highest BCUT2D eigenvalue weighted by atomic mass is 32.2. The number of hydrogen-bond acceptors (Lipinski definition) is 4. The Morgan fingerprint density at radius 2 is 1.91 bits per heavy atom. The van der Waals surface area contributed by atoms with Gasteiger partial charge in [-0.3, -0.25) is 14.4 Å². The smallest absolute Gasteiger partial charge is 0.322 e. The third-order valence-electron chi connectivity index (χ3n) is 2.64. The molecule has 2 amide bonds. The molecule has 0 aliphatic carbocycles. The molecule has 0 bridgehead atoms. The van der Waals surface area contributed by atoms with Crippen molar-refractivity contribution in [3.05, 3.63) is 29.8 Å². The van der Waals surface area contributed by atoms with Crippen molar-refractivity contribution in [2.45, 2.75) is 31.3 Å². The topological polar surface area (TPSA) is 95.5 Å². The van der Waals surface area contributed by atoms with Crippen molar-refractivity contribution >= 4 is 35.2 Å². The Kier molecular flexibility index (Phi) is 6.91. The molecule has 1 atom stereocenters. The lowest BCUT2D eigenvalue weighted by Crippen LogP contribution is -2.29. The Bertz CT molecular complexity index is 560. The van der Waals surface area contributed by atoms with E-state index < -0.39 is 18.4 Å². The summed E-state index contributed by atoms with van der Waals surface area (Å²) in [6, 6.07) is 6.38. The molecule has 120 valence electrons. The van der Waals surface area contributed by atoms with Gasteiger partial charge in [-0.05, 0) is 30.4 Å². The standard InChI is InChI=1S/C15H20N2O4S/c1-9(2)22-10(3)14(20)17-12-6-4-5-11(7-12)15(21)16-8-13(18)19/h4-7,9-10H,8H2,1-3H3,(H,16,21)(H,17,20)(H,18,19). The third kappa shape index (κ3) is 6.17. The van der Waals surface area contributed by atoms with Crippen LogP contribution in [0, 0.1) is 0 Å². The van der Waals surface area contributed by atoms with E-state index in [1.165, 1.54) is 6.07 Å². The van der Waals surface area contributed by atoms with Gasteiger partial charge in [0.15, 0.2) is 0 Å². The number of benzene rings is 1. The van der Waals surface area contributed by atoms with Crippen LogP contribution < -0.4 is 10.6 Å². The number of thioether (sulfide) groups is 1. The van der Waals surface area contributed by atoms with Crippen LogP contribution in [0.25, 0.3) is 0 Å². The maximum absolute atomic E-state index is 12.0. The van der Waals surface area contributed by atoms with Crippen molar-refractivity contribution in [1.29, 1.82) is 0 Å². The number of carboxylic acid groups (broad SMARTS) is 1. The van der Waals surface area contributed by atoms with E-state index in [0.29, 0.717) is 16.5 Å². The molecular formula is C15H20N2O4S. The van der Waals surface area contributed by atoms with E-state index in [9.17, 15) is 14.4 Å². The normalized spacial score (nSPS) is 11.8. The highest BCUT2D eigenvalue weighted by Crippen LogP contribution is 2.19. The number of nitrogens with one attached hydrogen (secondary N) is 2. The molecule has 1 rings (SSSR count). The summed E-state index contributed by atoms with van der Waals surface area (Å²) in [5.74, 6) is -1.75. The van der Waals surface area contributed by atoms with Crippen LogP contribution in [0.5, 0.6) is 0 Å². The van der Waals surface area contributed by atoms with Gasteiger partial charge in [0, 0.05) is 11.3 Å². The fourth-order valence-electron chi connectivity index (χ4n) is 1.71. The first-order chi connectivity index (χ1) is 10.3. The SMILES string of the molecule is CC(C)SC(C)C(=O)Nc1cccc(C(=O)NCC(=O)O)c1. The van der Waals surface area contributed by atoms with E-state index in [0.717, 1.165) is 0 Å². The number of aliphatic carboxylic acids is 1. The molecule has 0 saturated carbocycles. The van der Waals surface area contributed by atoms with Crippen LogP contribution in [0.1, 0.15) is 31.1 Å². The van der Waals surface area contributed by atoms with Crippen LogP contribution in [0.4, 0.5) is 5.69 Å². The zero-order valence-corrected chi connectivity index (χ0v) is 13.6. The van der Waals surface area contributed by atoms with Crippen LogP contribution in [0.15, 0.2) is 24.3 Å². The highest BCUT2D eigenvalue weighted by Gasteiger charge is 2.15. The molecule has 0 saturated heterocycles. The van der Waals surface area contributed by atoms with E-state index >= 15 is 0 Å². The van der Waals surface area contributed by atoms with Gasteiger partial charge in [-0.1, -0.05) is 19.9 Å². The number of carboxylic acids is 1. The minimum Gasteiger partial charge on any atom is -0.480 e. The van der Waals surface area contributed by atoms with Gasteiger partial charge in [-0.15, -0.1) is 11.8 Å². The summed E-state index contributed by atoms with van der Waals surface area (Å²) in [7, 11) is 0. The average molecular weight is 324 g/mol. The number of anilines is 1. The lowest BCUT2D eigenvalue weighted by Gasteiger charge is -2.14. The van der Waals surface area contributed by atoms with Crippen LogP contribution in [-0.4, -0.2) is 39.9 Å². The minimum atomic E-state index is -1.11. The summed E-state index contributed by atoms with van der Waals surface area (Å²) < 4.78 is 0. The molecule has 1 unspecified atom stereocenters. The quantitative estimate of drug-likeness (QED) is 0.713. The average Bonchev–Trinajstić information content (AvgIpc) is 2.44. The van der Waals surface area contributed by atoms with E-state index in [2.05, 4.69) is 10.6 Å². The first-order valence-electron chi connectivity index (χ1n) is 6.86. The summed E-state index contributed by atoms with van der Waals surface area (Å²) in [5, 5.41) is 13.7. The summed E-state index contributed by atoms with van der Waals surface area (Å²) in [6.07, 6.45) is 0. The van der Waals surface area contributed by atoms with E-state index in [1.54, 1.807) is 30.0 Å². The van der Waals surface area contributed by atoms with Crippen molar-refractivity contribution in [2.24, 2.45) is 0 Å². The predicted octanol–water partition coefficient (Wildman–Crippen LogP) is 1.97. The minimum absolute atomic E-state index is 0.137. The Morgan fingerprint density at radius 1 is 1.23 bits per heavy atom. The van der Waals surface area contributed by atoms with E-state index in [1.807, 2.05) is 20.8 Å². The monoisotopic (exact) mass is 324 g/mol. The van der Waals surface area contributed by atoms with Gasteiger partial charge < -0.3 is 15.7 Å². The number of rotatable bonds is 7. The van der Waals surface area contributed by atoms with Gasteiger partial charge in [-0.25, -0.2) is 0 Å². The van der Waals surface area contributed by atoms with Crippen molar-refractivity contribution in [1.82, 2.24) is 5.32 Å². The Balaban J connectivity index is 2.69. The first-order valence-corrected chi connectivity index (χ1v) is 7.80. The lowest BCUT2D eigenvalue weighted by atomic mass is 10.2. The van der Waals surface area contributed by atoms with Gasteiger partial charge in [0.25, 0.3) is 5.91 Å². The molecule has 0 fully saturated rings.